The van der Waals surface area contributed by atoms with Gasteiger partial charge < -0.3 is 14.9 Å². The number of pyridine rings is 1. The quantitative estimate of drug-likeness (QED) is 0.724. The van der Waals surface area contributed by atoms with Gasteiger partial charge in [-0.15, -0.1) is 0 Å². The van der Waals surface area contributed by atoms with Gasteiger partial charge in [0.1, 0.15) is 11.1 Å². The molecule has 2 atom stereocenters. The van der Waals surface area contributed by atoms with Gasteiger partial charge in [-0.2, -0.15) is 5.26 Å². The molecule has 8 nitrogen and oxygen atoms in total. The van der Waals surface area contributed by atoms with Crippen LogP contribution in [0.15, 0.2) is 23.3 Å². The van der Waals surface area contributed by atoms with Crippen LogP contribution in [-0.4, -0.2) is 43.4 Å². The molecule has 1 fully saturated rings. The Bertz CT molecular complexity index is 1130. The molecule has 27 heavy (non-hydrogen) atoms. The summed E-state index contributed by atoms with van der Waals surface area (Å²) in [6.07, 6.45) is 4.23. The average molecular weight is 366 g/mol. The lowest BCUT2D eigenvalue weighted by molar-refractivity contribution is -0.139. The van der Waals surface area contributed by atoms with E-state index < -0.39 is 5.41 Å². The van der Waals surface area contributed by atoms with Crippen molar-refractivity contribution in [3.63, 3.8) is 0 Å². The molecule has 0 radical (unpaired) electrons. The highest BCUT2D eigenvalue weighted by atomic mass is 16.2. The Morgan fingerprint density at radius 3 is 2.96 bits per heavy atom. The summed E-state index contributed by atoms with van der Waals surface area (Å²) in [5, 5.41) is 10.2. The number of piperidine rings is 1. The molecule has 1 aliphatic rings. The number of likely N-dealkylation sites (tertiary alicyclic amines) is 1. The number of nitriles is 1. The molecule has 2 N–H and O–H groups in total. The van der Waals surface area contributed by atoms with E-state index in [1.54, 1.807) is 35.7 Å². The second-order valence-corrected chi connectivity index (χ2v) is 7.88. The van der Waals surface area contributed by atoms with Crippen LogP contribution in [0.3, 0.4) is 0 Å². The van der Waals surface area contributed by atoms with Gasteiger partial charge >= 0.3 is 5.69 Å². The predicted molar refractivity (Wildman–Crippen MR) is 101 cm³/mol. The number of nitrogens with zero attached hydrogens (tertiary/aromatic N) is 4. The number of imidazole rings is 1. The smallest absolute Gasteiger partial charge is 0.326 e. The van der Waals surface area contributed by atoms with E-state index in [1.807, 2.05) is 6.07 Å². The van der Waals surface area contributed by atoms with E-state index in [9.17, 15) is 14.9 Å². The van der Waals surface area contributed by atoms with E-state index in [0.717, 1.165) is 23.0 Å². The zero-order valence-electron chi connectivity index (χ0n) is 15.6. The normalized spacial score (nSPS) is 20.9. The van der Waals surface area contributed by atoms with Gasteiger partial charge in [-0.3, -0.25) is 9.36 Å². The minimum atomic E-state index is -1.08. The van der Waals surface area contributed by atoms with Crippen LogP contribution in [0.5, 0.6) is 0 Å². The van der Waals surface area contributed by atoms with Gasteiger partial charge in [-0.1, -0.05) is 6.92 Å². The van der Waals surface area contributed by atoms with Crippen LogP contribution in [0.1, 0.15) is 33.2 Å². The molecule has 4 rings (SSSR count). The van der Waals surface area contributed by atoms with Gasteiger partial charge in [0.05, 0.1) is 29.3 Å². The van der Waals surface area contributed by atoms with E-state index in [4.69, 9.17) is 0 Å². The van der Waals surface area contributed by atoms with Crippen LogP contribution >= 0.6 is 0 Å². The minimum Gasteiger partial charge on any atom is -0.346 e. The third kappa shape index (κ3) is 2.62. The monoisotopic (exact) mass is 366 g/mol. The Labute approximate surface area is 155 Å². The summed E-state index contributed by atoms with van der Waals surface area (Å²) in [4.78, 5) is 37.6. The second kappa shape index (κ2) is 5.98. The third-order valence-corrected chi connectivity index (χ3v) is 5.61. The van der Waals surface area contributed by atoms with Gasteiger partial charge in [0.15, 0.2) is 0 Å². The number of H-pyrrole nitrogens is 2. The highest BCUT2D eigenvalue weighted by Crippen LogP contribution is 2.33. The Balaban J connectivity index is 1.81. The maximum Gasteiger partial charge on any atom is 0.326 e. The summed E-state index contributed by atoms with van der Waals surface area (Å²) in [6.45, 7) is 6.37. The molecule has 140 valence electrons. The number of carbonyl (C=O) groups is 1. The SMILES string of the molecule is C[C@@H]1CCN(C(=O)C(C)(C)C#N)C[C@@H]1n1c(=O)[nH]c2cnc3[nH]ccc3c21. The fraction of sp³-hybridized carbons (Fsp3) is 0.474. The number of fused-ring (bicyclic) bond motifs is 3. The molecule has 3 aromatic heterocycles. The third-order valence-electron chi connectivity index (χ3n) is 5.61. The first-order chi connectivity index (χ1) is 12.8. The number of hydrogen-bond donors (Lipinski definition) is 2. The van der Waals surface area contributed by atoms with Crippen LogP contribution in [0, 0.1) is 22.7 Å². The van der Waals surface area contributed by atoms with Crippen molar-refractivity contribution in [3.8, 4) is 6.07 Å². The van der Waals surface area contributed by atoms with Crippen molar-refractivity contribution in [3.05, 3.63) is 28.9 Å². The van der Waals surface area contributed by atoms with Crippen molar-refractivity contribution in [2.45, 2.75) is 33.2 Å². The van der Waals surface area contributed by atoms with Crippen molar-refractivity contribution < 1.29 is 4.79 Å². The molecule has 4 heterocycles. The number of nitrogens with one attached hydrogen (secondary N) is 2. The highest BCUT2D eigenvalue weighted by molar-refractivity contribution is 6.01. The largest absolute Gasteiger partial charge is 0.346 e. The van der Waals surface area contributed by atoms with E-state index >= 15 is 0 Å². The maximum atomic E-state index is 12.8. The molecule has 0 aliphatic carbocycles. The molecule has 1 amide bonds. The first-order valence-corrected chi connectivity index (χ1v) is 9.10. The second-order valence-electron chi connectivity index (χ2n) is 7.88. The van der Waals surface area contributed by atoms with E-state index in [1.165, 1.54) is 0 Å². The molecule has 0 bridgehead atoms. The standard InChI is InChI=1S/C19H22N6O2/c1-11-5-7-24(17(26)19(2,3)10-20)9-14(11)25-15-12-4-6-21-16(12)22-8-13(15)23-18(25)27/h4,6,8,11,14H,5,7,9H2,1-3H3,(H,21,22)(H,23,27)/t11-,14+/m1/s1. The number of aromatic amines is 2. The number of amides is 1. The van der Waals surface area contributed by atoms with Crippen molar-refractivity contribution in [1.82, 2.24) is 24.4 Å². The Kier molecular flexibility index (Phi) is 3.84. The van der Waals surface area contributed by atoms with Gasteiger partial charge in [-0.25, -0.2) is 9.78 Å². The fourth-order valence-electron chi connectivity index (χ4n) is 3.95. The van der Waals surface area contributed by atoms with Crippen molar-refractivity contribution in [2.75, 3.05) is 13.1 Å². The lowest BCUT2D eigenvalue weighted by atomic mass is 9.88. The molecule has 0 saturated carbocycles. The molecule has 3 aromatic rings. The molecular formula is C19H22N6O2. The molecule has 1 aliphatic heterocycles. The molecule has 0 unspecified atom stereocenters. The van der Waals surface area contributed by atoms with Crippen LogP contribution < -0.4 is 5.69 Å². The van der Waals surface area contributed by atoms with E-state index in [-0.39, 0.29) is 23.6 Å². The maximum absolute atomic E-state index is 12.8. The molecule has 0 spiro atoms. The summed E-state index contributed by atoms with van der Waals surface area (Å²) < 4.78 is 1.76. The van der Waals surface area contributed by atoms with Crippen molar-refractivity contribution in [1.29, 1.82) is 5.26 Å². The van der Waals surface area contributed by atoms with Gasteiger partial charge in [-0.05, 0) is 32.3 Å². The Morgan fingerprint density at radius 2 is 2.22 bits per heavy atom. The summed E-state index contributed by atoms with van der Waals surface area (Å²) in [6, 6.07) is 3.82. The first-order valence-electron chi connectivity index (χ1n) is 9.10. The zero-order chi connectivity index (χ0) is 19.3. The Morgan fingerprint density at radius 1 is 1.44 bits per heavy atom. The number of rotatable bonds is 2. The predicted octanol–water partition coefficient (Wildman–Crippen LogP) is 2.17. The van der Waals surface area contributed by atoms with Crippen LogP contribution in [-0.2, 0) is 4.79 Å². The van der Waals surface area contributed by atoms with Crippen LogP contribution in [0.2, 0.25) is 0 Å². The Hall–Kier alpha value is -3.08. The van der Waals surface area contributed by atoms with Gasteiger partial charge in [0.2, 0.25) is 5.91 Å². The minimum absolute atomic E-state index is 0.168. The van der Waals surface area contributed by atoms with E-state index in [2.05, 4.69) is 27.9 Å². The highest BCUT2D eigenvalue weighted by Gasteiger charge is 2.38. The summed E-state index contributed by atoms with van der Waals surface area (Å²) in [5.41, 5.74) is 0.925. The summed E-state index contributed by atoms with van der Waals surface area (Å²) in [7, 11) is 0. The molecule has 8 heteroatoms. The number of carbonyl (C=O) groups excluding carboxylic acids is 1. The average Bonchev–Trinajstić information content (AvgIpc) is 3.24. The lowest BCUT2D eigenvalue weighted by Crippen LogP contribution is -2.49. The fourth-order valence-corrected chi connectivity index (χ4v) is 3.95. The van der Waals surface area contributed by atoms with Crippen LogP contribution in [0.25, 0.3) is 22.1 Å². The molecular weight excluding hydrogens is 344 g/mol. The van der Waals surface area contributed by atoms with Crippen molar-refractivity contribution >= 4 is 28.0 Å². The zero-order valence-corrected chi connectivity index (χ0v) is 15.6. The van der Waals surface area contributed by atoms with Crippen molar-refractivity contribution in [2.24, 2.45) is 11.3 Å². The van der Waals surface area contributed by atoms with Gasteiger partial charge in [0, 0.05) is 24.7 Å². The summed E-state index contributed by atoms with van der Waals surface area (Å²) in [5.74, 6) is 0.0290. The molecule has 1 saturated heterocycles. The lowest BCUT2D eigenvalue weighted by Gasteiger charge is -2.39. The first kappa shape index (κ1) is 17.3. The summed E-state index contributed by atoms with van der Waals surface area (Å²) >= 11 is 0. The topological polar surface area (TPSA) is 111 Å². The molecule has 0 aromatic carbocycles. The van der Waals surface area contributed by atoms with Crippen LogP contribution in [0.4, 0.5) is 0 Å². The van der Waals surface area contributed by atoms with E-state index in [0.29, 0.717) is 18.6 Å². The van der Waals surface area contributed by atoms with Gasteiger partial charge in [0.25, 0.3) is 0 Å². The number of aromatic nitrogens is 4. The number of hydrogen-bond acceptors (Lipinski definition) is 4.